The first-order chi connectivity index (χ1) is 8.88. The molecule has 1 aromatic heterocycles. The average molecular weight is 266 g/mol. The molecule has 0 aliphatic heterocycles. The Morgan fingerprint density at radius 1 is 1.47 bits per heavy atom. The lowest BCUT2D eigenvalue weighted by atomic mass is 10.2. The topological polar surface area (TPSA) is 78.3 Å². The lowest BCUT2D eigenvalue weighted by Gasteiger charge is -2.21. The highest BCUT2D eigenvalue weighted by Gasteiger charge is 2.08. The van der Waals surface area contributed by atoms with E-state index in [9.17, 15) is 4.79 Å². The summed E-state index contributed by atoms with van der Waals surface area (Å²) in [6.45, 7) is 7.40. The summed E-state index contributed by atoms with van der Waals surface area (Å²) in [5.74, 6) is 1.91. The summed E-state index contributed by atoms with van der Waals surface area (Å²) >= 11 is 0. The Kier molecular flexibility index (Phi) is 5.54. The van der Waals surface area contributed by atoms with Gasteiger partial charge in [-0.15, -0.1) is 0 Å². The second kappa shape index (κ2) is 6.92. The SMILES string of the molecule is Cc1nc(NCCC(=O)O)cc(N(C)CC(C)C)n1. The van der Waals surface area contributed by atoms with Gasteiger partial charge >= 0.3 is 5.97 Å². The van der Waals surface area contributed by atoms with Gasteiger partial charge in [0.15, 0.2) is 0 Å². The van der Waals surface area contributed by atoms with Gasteiger partial charge in [-0.1, -0.05) is 13.8 Å². The van der Waals surface area contributed by atoms with Gasteiger partial charge in [-0.2, -0.15) is 0 Å². The molecule has 1 heterocycles. The van der Waals surface area contributed by atoms with Crippen molar-refractivity contribution < 1.29 is 9.90 Å². The lowest BCUT2D eigenvalue weighted by molar-refractivity contribution is -0.136. The van der Waals surface area contributed by atoms with E-state index in [-0.39, 0.29) is 6.42 Å². The Morgan fingerprint density at radius 2 is 2.16 bits per heavy atom. The Morgan fingerprint density at radius 3 is 2.74 bits per heavy atom. The van der Waals surface area contributed by atoms with Gasteiger partial charge < -0.3 is 15.3 Å². The summed E-state index contributed by atoms with van der Waals surface area (Å²) in [4.78, 5) is 21.2. The summed E-state index contributed by atoms with van der Waals surface area (Å²) < 4.78 is 0. The summed E-state index contributed by atoms with van der Waals surface area (Å²) in [5, 5.41) is 11.6. The normalized spacial score (nSPS) is 10.6. The van der Waals surface area contributed by atoms with Gasteiger partial charge in [0.2, 0.25) is 0 Å². The predicted molar refractivity (Wildman–Crippen MR) is 75.6 cm³/mol. The molecule has 0 amide bonds. The molecule has 0 atom stereocenters. The van der Waals surface area contributed by atoms with Crippen molar-refractivity contribution in [1.29, 1.82) is 0 Å². The van der Waals surface area contributed by atoms with Crippen molar-refractivity contribution in [3.63, 3.8) is 0 Å². The van der Waals surface area contributed by atoms with Crippen LogP contribution in [0.15, 0.2) is 6.07 Å². The van der Waals surface area contributed by atoms with Gasteiger partial charge in [0.25, 0.3) is 0 Å². The molecule has 0 aliphatic carbocycles. The number of anilines is 2. The zero-order valence-corrected chi connectivity index (χ0v) is 12.0. The van der Waals surface area contributed by atoms with Crippen LogP contribution in [0.3, 0.4) is 0 Å². The molecule has 6 heteroatoms. The molecule has 0 bridgehead atoms. The third kappa shape index (κ3) is 5.54. The van der Waals surface area contributed by atoms with Gasteiger partial charge in [-0.05, 0) is 12.8 Å². The Hall–Kier alpha value is -1.85. The first-order valence-electron chi connectivity index (χ1n) is 6.41. The predicted octanol–water partition coefficient (Wildman–Crippen LogP) is 1.76. The maximum atomic E-state index is 10.5. The van der Waals surface area contributed by atoms with E-state index in [0.29, 0.717) is 24.1 Å². The zero-order chi connectivity index (χ0) is 14.4. The maximum Gasteiger partial charge on any atom is 0.305 e. The molecule has 19 heavy (non-hydrogen) atoms. The molecule has 6 nitrogen and oxygen atoms in total. The molecule has 0 radical (unpaired) electrons. The fraction of sp³-hybridized carbons (Fsp3) is 0.615. The van der Waals surface area contributed by atoms with E-state index in [1.165, 1.54) is 0 Å². The van der Waals surface area contributed by atoms with Crippen LogP contribution in [0, 0.1) is 12.8 Å². The van der Waals surface area contributed by atoms with Crippen molar-refractivity contribution in [3.8, 4) is 0 Å². The summed E-state index contributed by atoms with van der Waals surface area (Å²) in [5.41, 5.74) is 0. The quantitative estimate of drug-likeness (QED) is 0.783. The highest BCUT2D eigenvalue weighted by Crippen LogP contribution is 2.15. The molecule has 0 aliphatic rings. The summed E-state index contributed by atoms with van der Waals surface area (Å²) in [6, 6.07) is 1.84. The van der Waals surface area contributed by atoms with Gasteiger partial charge in [-0.25, -0.2) is 9.97 Å². The average Bonchev–Trinajstić information content (AvgIpc) is 2.26. The van der Waals surface area contributed by atoms with Gasteiger partial charge in [-0.3, -0.25) is 4.79 Å². The van der Waals surface area contributed by atoms with E-state index in [0.717, 1.165) is 12.4 Å². The zero-order valence-electron chi connectivity index (χ0n) is 12.0. The summed E-state index contributed by atoms with van der Waals surface area (Å²) in [7, 11) is 1.99. The minimum atomic E-state index is -0.824. The first-order valence-corrected chi connectivity index (χ1v) is 6.41. The minimum absolute atomic E-state index is 0.0697. The largest absolute Gasteiger partial charge is 0.481 e. The van der Waals surface area contributed by atoms with Crippen LogP contribution in [0.4, 0.5) is 11.6 Å². The number of aryl methyl sites for hydroxylation is 1. The second-order valence-electron chi connectivity index (χ2n) is 5.00. The fourth-order valence-electron chi connectivity index (χ4n) is 1.78. The van der Waals surface area contributed by atoms with E-state index in [2.05, 4.69) is 34.0 Å². The van der Waals surface area contributed by atoms with Crippen molar-refractivity contribution in [2.45, 2.75) is 27.2 Å². The van der Waals surface area contributed by atoms with E-state index in [1.807, 2.05) is 20.0 Å². The highest BCUT2D eigenvalue weighted by atomic mass is 16.4. The lowest BCUT2D eigenvalue weighted by Crippen LogP contribution is -2.24. The van der Waals surface area contributed by atoms with E-state index in [1.54, 1.807) is 0 Å². The smallest absolute Gasteiger partial charge is 0.305 e. The molecule has 0 saturated carbocycles. The molecule has 0 saturated heterocycles. The van der Waals surface area contributed by atoms with Gasteiger partial charge in [0.05, 0.1) is 6.42 Å². The van der Waals surface area contributed by atoms with E-state index in [4.69, 9.17) is 5.11 Å². The van der Waals surface area contributed by atoms with E-state index < -0.39 is 5.97 Å². The van der Waals surface area contributed by atoms with Gasteiger partial charge in [0, 0.05) is 26.2 Å². The van der Waals surface area contributed by atoms with Crippen molar-refractivity contribution in [1.82, 2.24) is 9.97 Å². The van der Waals surface area contributed by atoms with Crippen molar-refractivity contribution in [2.24, 2.45) is 5.92 Å². The van der Waals surface area contributed by atoms with Crippen LogP contribution in [0.1, 0.15) is 26.1 Å². The number of aromatic nitrogens is 2. The molecule has 1 rings (SSSR count). The van der Waals surface area contributed by atoms with Crippen molar-refractivity contribution >= 4 is 17.6 Å². The number of hydrogen-bond acceptors (Lipinski definition) is 5. The molecule has 0 spiro atoms. The Labute approximate surface area is 113 Å². The Balaban J connectivity index is 2.73. The van der Waals surface area contributed by atoms with Crippen LogP contribution in [0.25, 0.3) is 0 Å². The number of rotatable bonds is 7. The number of hydrogen-bond donors (Lipinski definition) is 2. The Bertz CT molecular complexity index is 435. The second-order valence-corrected chi connectivity index (χ2v) is 5.00. The van der Waals surface area contributed by atoms with Crippen molar-refractivity contribution in [3.05, 3.63) is 11.9 Å². The molecular weight excluding hydrogens is 244 g/mol. The maximum absolute atomic E-state index is 10.5. The number of nitrogens with one attached hydrogen (secondary N) is 1. The van der Waals surface area contributed by atoms with Crippen LogP contribution in [-0.4, -0.2) is 41.2 Å². The molecule has 1 aromatic rings. The number of carbonyl (C=O) groups is 1. The molecule has 106 valence electrons. The first kappa shape index (κ1) is 15.2. The molecule has 0 unspecified atom stereocenters. The third-order valence-electron chi connectivity index (χ3n) is 2.50. The monoisotopic (exact) mass is 266 g/mol. The van der Waals surface area contributed by atoms with Crippen LogP contribution in [0.2, 0.25) is 0 Å². The third-order valence-corrected chi connectivity index (χ3v) is 2.50. The van der Waals surface area contributed by atoms with Crippen LogP contribution in [-0.2, 0) is 4.79 Å². The number of nitrogens with zero attached hydrogens (tertiary/aromatic N) is 3. The number of carboxylic acid groups (broad SMARTS) is 1. The molecule has 0 aromatic carbocycles. The van der Waals surface area contributed by atoms with Crippen LogP contribution >= 0.6 is 0 Å². The molecular formula is C13H22N4O2. The number of aliphatic carboxylic acids is 1. The van der Waals surface area contributed by atoms with E-state index >= 15 is 0 Å². The van der Waals surface area contributed by atoms with Crippen molar-refractivity contribution in [2.75, 3.05) is 30.4 Å². The van der Waals surface area contributed by atoms with Crippen LogP contribution < -0.4 is 10.2 Å². The number of carboxylic acids is 1. The molecule has 0 fully saturated rings. The highest BCUT2D eigenvalue weighted by molar-refractivity contribution is 5.67. The molecule has 2 N–H and O–H groups in total. The van der Waals surface area contributed by atoms with Gasteiger partial charge in [0.1, 0.15) is 17.5 Å². The summed E-state index contributed by atoms with van der Waals surface area (Å²) in [6.07, 6.45) is 0.0697. The fourth-order valence-corrected chi connectivity index (χ4v) is 1.78. The minimum Gasteiger partial charge on any atom is -0.481 e. The van der Waals surface area contributed by atoms with Crippen LogP contribution in [0.5, 0.6) is 0 Å². The standard InChI is InChI=1S/C13H22N4O2/c1-9(2)8-17(4)12-7-11(15-10(3)16-12)14-6-5-13(18)19/h7,9H,5-6,8H2,1-4H3,(H,18,19)(H,14,15,16).